The molecule has 0 radical (unpaired) electrons. The molecule has 1 N–H and O–H groups in total. The maximum Gasteiger partial charge on any atom is 0.356 e. The lowest BCUT2D eigenvalue weighted by Gasteiger charge is -2.04. The van der Waals surface area contributed by atoms with E-state index in [4.69, 9.17) is 5.11 Å². The molecule has 16 heavy (non-hydrogen) atoms. The molecule has 0 fully saturated rings. The van der Waals surface area contributed by atoms with Crippen molar-refractivity contribution in [1.82, 2.24) is 9.55 Å². The molecule has 0 bridgehead atoms. The van der Waals surface area contributed by atoms with Gasteiger partial charge in [0.15, 0.2) is 5.69 Å². The van der Waals surface area contributed by atoms with Gasteiger partial charge >= 0.3 is 5.97 Å². The molecule has 0 aliphatic carbocycles. The van der Waals surface area contributed by atoms with Crippen LogP contribution >= 0.6 is 0 Å². The lowest BCUT2D eigenvalue weighted by Crippen LogP contribution is -2.01. The zero-order valence-electron chi connectivity index (χ0n) is 9.14. The number of carboxylic acid groups (broad SMARTS) is 1. The number of aromatic carboxylic acids is 1. The molecule has 0 aliphatic heterocycles. The highest BCUT2D eigenvalue weighted by atomic mass is 16.4. The van der Waals surface area contributed by atoms with Crippen LogP contribution in [0.3, 0.4) is 0 Å². The van der Waals surface area contributed by atoms with Crippen LogP contribution in [0.15, 0.2) is 30.6 Å². The van der Waals surface area contributed by atoms with Gasteiger partial charge in [-0.2, -0.15) is 0 Å². The molecule has 0 aliphatic rings. The molecule has 1 aromatic heterocycles. The Morgan fingerprint density at radius 1 is 1.44 bits per heavy atom. The van der Waals surface area contributed by atoms with Crippen LogP contribution in [0.4, 0.5) is 0 Å². The van der Waals surface area contributed by atoms with Gasteiger partial charge in [0.25, 0.3) is 0 Å². The second kappa shape index (κ2) is 3.81. The van der Waals surface area contributed by atoms with E-state index in [2.05, 4.69) is 4.98 Å². The SMILES string of the molecule is Cc1cccc(-c2c(C(=O)O)ncn2C)c1. The molecule has 2 rings (SSSR count). The molecule has 0 atom stereocenters. The van der Waals surface area contributed by atoms with Crippen molar-refractivity contribution in [1.29, 1.82) is 0 Å². The third kappa shape index (κ3) is 1.69. The summed E-state index contributed by atoms with van der Waals surface area (Å²) in [5, 5.41) is 9.03. The fourth-order valence-corrected chi connectivity index (χ4v) is 1.72. The molecule has 0 unspecified atom stereocenters. The van der Waals surface area contributed by atoms with Crippen molar-refractivity contribution in [2.24, 2.45) is 7.05 Å². The number of rotatable bonds is 2. The minimum absolute atomic E-state index is 0.0908. The molecule has 4 heteroatoms. The van der Waals surface area contributed by atoms with E-state index >= 15 is 0 Å². The minimum atomic E-state index is -1.00. The molecule has 1 heterocycles. The van der Waals surface area contributed by atoms with Gasteiger partial charge in [0.2, 0.25) is 0 Å². The van der Waals surface area contributed by atoms with Gasteiger partial charge in [0, 0.05) is 12.6 Å². The van der Waals surface area contributed by atoms with E-state index in [9.17, 15) is 4.79 Å². The lowest BCUT2D eigenvalue weighted by molar-refractivity contribution is 0.0692. The Morgan fingerprint density at radius 3 is 2.81 bits per heavy atom. The van der Waals surface area contributed by atoms with Crippen molar-refractivity contribution in [3.8, 4) is 11.3 Å². The molecule has 0 saturated heterocycles. The second-order valence-electron chi connectivity index (χ2n) is 3.73. The Balaban J connectivity index is 2.63. The zero-order chi connectivity index (χ0) is 11.7. The van der Waals surface area contributed by atoms with Gasteiger partial charge in [-0.1, -0.05) is 23.8 Å². The monoisotopic (exact) mass is 216 g/mol. The minimum Gasteiger partial charge on any atom is -0.476 e. The highest BCUT2D eigenvalue weighted by Crippen LogP contribution is 2.23. The van der Waals surface area contributed by atoms with Crippen molar-refractivity contribution in [2.75, 3.05) is 0 Å². The first-order valence-corrected chi connectivity index (χ1v) is 4.91. The quantitative estimate of drug-likeness (QED) is 0.836. The summed E-state index contributed by atoms with van der Waals surface area (Å²) in [6, 6.07) is 7.71. The summed E-state index contributed by atoms with van der Waals surface area (Å²) in [6.07, 6.45) is 1.52. The van der Waals surface area contributed by atoms with Gasteiger partial charge in [0.05, 0.1) is 12.0 Å². The first kappa shape index (κ1) is 10.4. The van der Waals surface area contributed by atoms with Crippen molar-refractivity contribution in [3.05, 3.63) is 41.9 Å². The molecule has 4 nitrogen and oxygen atoms in total. The summed E-state index contributed by atoms with van der Waals surface area (Å²) < 4.78 is 1.72. The maximum absolute atomic E-state index is 11.0. The van der Waals surface area contributed by atoms with Crippen LogP contribution in [0, 0.1) is 6.92 Å². The van der Waals surface area contributed by atoms with Gasteiger partial charge < -0.3 is 9.67 Å². The van der Waals surface area contributed by atoms with Gasteiger partial charge in [-0.05, 0) is 13.0 Å². The molecule has 0 saturated carbocycles. The van der Waals surface area contributed by atoms with Crippen molar-refractivity contribution in [2.45, 2.75) is 6.92 Å². The van der Waals surface area contributed by atoms with E-state index in [1.54, 1.807) is 11.6 Å². The summed E-state index contributed by atoms with van der Waals surface area (Å²) in [7, 11) is 1.79. The Kier molecular flexibility index (Phi) is 2.48. The molecular weight excluding hydrogens is 204 g/mol. The summed E-state index contributed by atoms with van der Waals surface area (Å²) in [4.78, 5) is 14.9. The highest BCUT2D eigenvalue weighted by molar-refractivity contribution is 5.93. The first-order valence-electron chi connectivity index (χ1n) is 4.91. The third-order valence-electron chi connectivity index (χ3n) is 2.43. The number of hydrogen-bond acceptors (Lipinski definition) is 2. The normalized spacial score (nSPS) is 10.4. The Morgan fingerprint density at radius 2 is 2.19 bits per heavy atom. The Bertz CT molecular complexity index is 544. The summed E-state index contributed by atoms with van der Waals surface area (Å²) in [5.41, 5.74) is 2.69. The van der Waals surface area contributed by atoms with Crippen LogP contribution in [-0.2, 0) is 7.05 Å². The van der Waals surface area contributed by atoms with Crippen LogP contribution in [0.1, 0.15) is 16.1 Å². The molecule has 0 amide bonds. The Hall–Kier alpha value is -2.10. The number of carbonyl (C=O) groups is 1. The van der Waals surface area contributed by atoms with E-state index in [0.29, 0.717) is 5.69 Å². The first-order chi connectivity index (χ1) is 7.59. The Labute approximate surface area is 93.2 Å². The number of aryl methyl sites for hydroxylation is 2. The average molecular weight is 216 g/mol. The number of hydrogen-bond donors (Lipinski definition) is 1. The van der Waals surface area contributed by atoms with E-state index < -0.39 is 5.97 Å². The number of imidazole rings is 1. The molecular formula is C12H12N2O2. The maximum atomic E-state index is 11.0. The van der Waals surface area contributed by atoms with E-state index in [1.165, 1.54) is 6.33 Å². The van der Waals surface area contributed by atoms with E-state index in [0.717, 1.165) is 11.1 Å². The molecule has 0 spiro atoms. The topological polar surface area (TPSA) is 55.1 Å². The second-order valence-corrected chi connectivity index (χ2v) is 3.73. The number of carboxylic acids is 1. The lowest BCUT2D eigenvalue weighted by atomic mass is 10.1. The zero-order valence-corrected chi connectivity index (χ0v) is 9.14. The fraction of sp³-hybridized carbons (Fsp3) is 0.167. The predicted molar refractivity (Wildman–Crippen MR) is 60.3 cm³/mol. The van der Waals surface area contributed by atoms with Gasteiger partial charge in [-0.15, -0.1) is 0 Å². The molecule has 2 aromatic rings. The predicted octanol–water partition coefficient (Wildman–Crippen LogP) is 2.09. The number of aromatic nitrogens is 2. The number of nitrogens with zero attached hydrogens (tertiary/aromatic N) is 2. The largest absolute Gasteiger partial charge is 0.476 e. The summed E-state index contributed by atoms with van der Waals surface area (Å²) in [6.45, 7) is 1.97. The summed E-state index contributed by atoms with van der Waals surface area (Å²) in [5.74, 6) is -1.00. The third-order valence-corrected chi connectivity index (χ3v) is 2.43. The average Bonchev–Trinajstić information content (AvgIpc) is 2.60. The van der Waals surface area contributed by atoms with E-state index in [1.807, 2.05) is 31.2 Å². The van der Waals surface area contributed by atoms with Crippen molar-refractivity contribution in [3.63, 3.8) is 0 Å². The smallest absolute Gasteiger partial charge is 0.356 e. The van der Waals surface area contributed by atoms with Gasteiger partial charge in [-0.3, -0.25) is 0 Å². The van der Waals surface area contributed by atoms with Gasteiger partial charge in [0.1, 0.15) is 0 Å². The van der Waals surface area contributed by atoms with Crippen molar-refractivity contribution < 1.29 is 9.90 Å². The van der Waals surface area contributed by atoms with Crippen LogP contribution in [0.2, 0.25) is 0 Å². The molecule has 82 valence electrons. The van der Waals surface area contributed by atoms with Crippen LogP contribution < -0.4 is 0 Å². The standard InChI is InChI=1S/C12H12N2O2/c1-8-4-3-5-9(6-8)11-10(12(15)16)13-7-14(11)2/h3-7H,1-2H3,(H,15,16). The summed E-state index contributed by atoms with van der Waals surface area (Å²) >= 11 is 0. The fourth-order valence-electron chi connectivity index (χ4n) is 1.72. The highest BCUT2D eigenvalue weighted by Gasteiger charge is 2.16. The van der Waals surface area contributed by atoms with E-state index in [-0.39, 0.29) is 5.69 Å². The van der Waals surface area contributed by atoms with Gasteiger partial charge in [-0.25, -0.2) is 9.78 Å². The van der Waals surface area contributed by atoms with Crippen molar-refractivity contribution >= 4 is 5.97 Å². The van der Waals surface area contributed by atoms with Crippen LogP contribution in [-0.4, -0.2) is 20.6 Å². The van der Waals surface area contributed by atoms with Crippen LogP contribution in [0.25, 0.3) is 11.3 Å². The molecule has 1 aromatic carbocycles. The van der Waals surface area contributed by atoms with Crippen LogP contribution in [0.5, 0.6) is 0 Å². The number of benzene rings is 1.